The molecule has 2 aromatic rings. The molecule has 0 aliphatic rings. The Hall–Kier alpha value is -2.29. The maximum absolute atomic E-state index is 10.9. The van der Waals surface area contributed by atoms with Crippen molar-refractivity contribution in [2.75, 3.05) is 0 Å². The van der Waals surface area contributed by atoms with Crippen molar-refractivity contribution < 1.29 is 14.6 Å². The minimum atomic E-state index is -0.826. The fourth-order valence-corrected chi connectivity index (χ4v) is 2.10. The average Bonchev–Trinajstić information content (AvgIpc) is 2.37. The maximum atomic E-state index is 10.9. The van der Waals surface area contributed by atoms with Gasteiger partial charge in [-0.1, -0.05) is 18.2 Å². The first-order valence-corrected chi connectivity index (χ1v) is 6.54. The third kappa shape index (κ3) is 3.38. The Labute approximate surface area is 118 Å². The molecule has 0 bridgehead atoms. The molecule has 0 amide bonds. The van der Waals surface area contributed by atoms with E-state index < -0.39 is 11.9 Å². The van der Waals surface area contributed by atoms with E-state index in [0.717, 1.165) is 22.4 Å². The Bertz CT molecular complexity index is 594. The highest BCUT2D eigenvalue weighted by Crippen LogP contribution is 2.25. The van der Waals surface area contributed by atoms with Gasteiger partial charge in [0.05, 0.1) is 5.92 Å². The van der Waals surface area contributed by atoms with Crippen LogP contribution < -0.4 is 4.74 Å². The van der Waals surface area contributed by atoms with Gasteiger partial charge in [-0.2, -0.15) is 0 Å². The average molecular weight is 270 g/mol. The molecule has 1 N–H and O–H groups in total. The number of carboxylic acid groups (broad SMARTS) is 1. The molecule has 0 aromatic heterocycles. The first-order chi connectivity index (χ1) is 9.45. The molecule has 1 atom stereocenters. The van der Waals surface area contributed by atoms with Crippen molar-refractivity contribution in [3.63, 3.8) is 0 Å². The number of carbonyl (C=O) groups is 1. The summed E-state index contributed by atoms with van der Waals surface area (Å²) >= 11 is 0. The lowest BCUT2D eigenvalue weighted by molar-refractivity contribution is -0.138. The van der Waals surface area contributed by atoms with Crippen molar-refractivity contribution in [1.82, 2.24) is 0 Å². The summed E-state index contributed by atoms with van der Waals surface area (Å²) in [6.07, 6.45) is 0. The number of hydrogen-bond acceptors (Lipinski definition) is 2. The fourth-order valence-electron chi connectivity index (χ4n) is 2.10. The summed E-state index contributed by atoms with van der Waals surface area (Å²) in [7, 11) is 0. The molecule has 0 radical (unpaired) electrons. The summed E-state index contributed by atoms with van der Waals surface area (Å²) < 4.78 is 5.79. The molecule has 3 nitrogen and oxygen atoms in total. The number of hydrogen-bond donors (Lipinski definition) is 1. The van der Waals surface area contributed by atoms with Crippen molar-refractivity contribution in [1.29, 1.82) is 0 Å². The van der Waals surface area contributed by atoms with Gasteiger partial charge in [-0.3, -0.25) is 4.79 Å². The zero-order valence-corrected chi connectivity index (χ0v) is 11.9. The lowest BCUT2D eigenvalue weighted by atomic mass is 10.0. The largest absolute Gasteiger partial charge is 0.481 e. The Balaban J connectivity index is 2.16. The maximum Gasteiger partial charge on any atom is 0.310 e. The van der Waals surface area contributed by atoms with Gasteiger partial charge >= 0.3 is 5.97 Å². The Morgan fingerprint density at radius 2 is 1.55 bits per heavy atom. The van der Waals surface area contributed by atoms with E-state index in [1.807, 2.05) is 26.0 Å². The third-order valence-electron chi connectivity index (χ3n) is 3.18. The molecule has 2 aromatic carbocycles. The van der Waals surface area contributed by atoms with E-state index in [4.69, 9.17) is 9.84 Å². The second kappa shape index (κ2) is 5.78. The van der Waals surface area contributed by atoms with Gasteiger partial charge in [0.1, 0.15) is 11.5 Å². The lowest BCUT2D eigenvalue weighted by Crippen LogP contribution is -2.06. The molecule has 0 saturated heterocycles. The zero-order chi connectivity index (χ0) is 14.7. The molecule has 104 valence electrons. The van der Waals surface area contributed by atoms with Gasteiger partial charge in [-0.05, 0) is 61.7 Å². The van der Waals surface area contributed by atoms with Crippen molar-refractivity contribution in [2.45, 2.75) is 26.7 Å². The van der Waals surface area contributed by atoms with E-state index >= 15 is 0 Å². The molecule has 0 aliphatic heterocycles. The Morgan fingerprint density at radius 1 is 1.00 bits per heavy atom. The molecule has 0 fully saturated rings. The quantitative estimate of drug-likeness (QED) is 0.901. The van der Waals surface area contributed by atoms with Crippen LogP contribution in [-0.2, 0) is 4.79 Å². The topological polar surface area (TPSA) is 46.5 Å². The fraction of sp³-hybridized carbons (Fsp3) is 0.235. The number of aliphatic carboxylic acids is 1. The van der Waals surface area contributed by atoms with Crippen LogP contribution in [0.2, 0.25) is 0 Å². The highest BCUT2D eigenvalue weighted by Gasteiger charge is 2.13. The lowest BCUT2D eigenvalue weighted by Gasteiger charge is -2.10. The first-order valence-electron chi connectivity index (χ1n) is 6.54. The van der Waals surface area contributed by atoms with E-state index in [0.29, 0.717) is 5.75 Å². The van der Waals surface area contributed by atoms with Crippen LogP contribution in [-0.4, -0.2) is 11.1 Å². The van der Waals surface area contributed by atoms with Gasteiger partial charge in [-0.25, -0.2) is 0 Å². The van der Waals surface area contributed by atoms with E-state index in [1.165, 1.54) is 0 Å². The van der Waals surface area contributed by atoms with E-state index in [-0.39, 0.29) is 0 Å². The summed E-state index contributed by atoms with van der Waals surface area (Å²) in [5, 5.41) is 8.97. The smallest absolute Gasteiger partial charge is 0.310 e. The second-order valence-electron chi connectivity index (χ2n) is 5.05. The number of ether oxygens (including phenoxy) is 1. The van der Waals surface area contributed by atoms with Gasteiger partial charge in [0.2, 0.25) is 0 Å². The summed E-state index contributed by atoms with van der Waals surface area (Å²) in [6.45, 7) is 5.72. The third-order valence-corrected chi connectivity index (χ3v) is 3.18. The van der Waals surface area contributed by atoms with E-state index in [2.05, 4.69) is 6.07 Å². The van der Waals surface area contributed by atoms with Crippen molar-refractivity contribution in [3.8, 4) is 11.5 Å². The van der Waals surface area contributed by atoms with Gasteiger partial charge in [0, 0.05) is 0 Å². The Morgan fingerprint density at radius 3 is 2.05 bits per heavy atom. The van der Waals surface area contributed by atoms with Crippen LogP contribution in [0.1, 0.15) is 29.5 Å². The summed E-state index contributed by atoms with van der Waals surface area (Å²) in [5.41, 5.74) is 3.07. The predicted molar refractivity (Wildman–Crippen MR) is 78.5 cm³/mol. The number of carboxylic acids is 1. The van der Waals surface area contributed by atoms with Crippen LogP contribution in [0.3, 0.4) is 0 Å². The minimum Gasteiger partial charge on any atom is -0.481 e. The van der Waals surface area contributed by atoms with E-state index in [9.17, 15) is 4.79 Å². The van der Waals surface area contributed by atoms with E-state index in [1.54, 1.807) is 31.2 Å². The molecule has 0 spiro atoms. The van der Waals surface area contributed by atoms with Crippen LogP contribution in [0.15, 0.2) is 42.5 Å². The van der Waals surface area contributed by atoms with Crippen LogP contribution in [0.5, 0.6) is 11.5 Å². The molecule has 0 saturated carbocycles. The Kier molecular flexibility index (Phi) is 4.08. The molecule has 0 aliphatic carbocycles. The number of aryl methyl sites for hydroxylation is 2. The number of rotatable bonds is 4. The second-order valence-corrected chi connectivity index (χ2v) is 5.05. The molecule has 1 unspecified atom stereocenters. The van der Waals surface area contributed by atoms with Gasteiger partial charge < -0.3 is 9.84 Å². The standard InChI is InChI=1S/C17H18O3/c1-11-8-12(2)10-16(9-11)20-15-6-4-14(5-7-15)13(3)17(18)19/h4-10,13H,1-3H3,(H,18,19). The molecular weight excluding hydrogens is 252 g/mol. The van der Waals surface area contributed by atoms with Crippen molar-refractivity contribution >= 4 is 5.97 Å². The van der Waals surface area contributed by atoms with Gasteiger partial charge in [0.25, 0.3) is 0 Å². The van der Waals surface area contributed by atoms with Gasteiger partial charge in [0.15, 0.2) is 0 Å². The molecule has 2 rings (SSSR count). The van der Waals surface area contributed by atoms with Crippen LogP contribution >= 0.6 is 0 Å². The zero-order valence-electron chi connectivity index (χ0n) is 11.9. The first kappa shape index (κ1) is 14.1. The predicted octanol–water partition coefficient (Wildman–Crippen LogP) is 4.28. The van der Waals surface area contributed by atoms with Crippen LogP contribution in [0.4, 0.5) is 0 Å². The number of benzene rings is 2. The highest BCUT2D eigenvalue weighted by molar-refractivity contribution is 5.75. The van der Waals surface area contributed by atoms with Crippen molar-refractivity contribution in [2.24, 2.45) is 0 Å². The SMILES string of the molecule is Cc1cc(C)cc(Oc2ccc(C(C)C(=O)O)cc2)c1. The monoisotopic (exact) mass is 270 g/mol. The molecule has 20 heavy (non-hydrogen) atoms. The summed E-state index contributed by atoms with van der Waals surface area (Å²) in [4.78, 5) is 10.9. The van der Waals surface area contributed by atoms with Crippen molar-refractivity contribution in [3.05, 3.63) is 59.2 Å². The molecule has 0 heterocycles. The van der Waals surface area contributed by atoms with Crippen LogP contribution in [0, 0.1) is 13.8 Å². The van der Waals surface area contributed by atoms with Gasteiger partial charge in [-0.15, -0.1) is 0 Å². The minimum absolute atomic E-state index is 0.509. The molecule has 3 heteroatoms. The highest BCUT2D eigenvalue weighted by atomic mass is 16.5. The van der Waals surface area contributed by atoms with Crippen LogP contribution in [0.25, 0.3) is 0 Å². The summed E-state index contributed by atoms with van der Waals surface area (Å²) in [5.74, 6) is 0.163. The molecular formula is C17H18O3. The summed E-state index contributed by atoms with van der Waals surface area (Å²) in [6, 6.07) is 13.2. The normalized spacial score (nSPS) is 11.9.